The predicted octanol–water partition coefficient (Wildman–Crippen LogP) is 3.04. The summed E-state index contributed by atoms with van der Waals surface area (Å²) in [5.41, 5.74) is 2.06. The molecule has 122 valence electrons. The number of likely N-dealkylation sites (tertiary alicyclic amines) is 1. The number of hydrogen-bond acceptors (Lipinski definition) is 3. The number of nitrogens with one attached hydrogen (secondary N) is 1. The standard InChI is InChI=1S/C18H17FN4O/c1-11-4-6-20-17(21-11)13-5-7-23(10-13)18(24)16-8-12-2-3-14(19)9-15(12)22-16/h2-4,6,8-9,13,22H,5,7,10H2,1H3/t13-/m1/s1. The van der Waals surface area contributed by atoms with E-state index >= 15 is 0 Å². The molecule has 0 spiro atoms. The van der Waals surface area contributed by atoms with E-state index in [0.717, 1.165) is 23.3 Å². The van der Waals surface area contributed by atoms with Crippen molar-refractivity contribution in [3.05, 3.63) is 59.6 Å². The van der Waals surface area contributed by atoms with Gasteiger partial charge >= 0.3 is 0 Å². The molecule has 1 aliphatic rings. The summed E-state index contributed by atoms with van der Waals surface area (Å²) in [5.74, 6) is 0.572. The van der Waals surface area contributed by atoms with Crippen LogP contribution in [0.5, 0.6) is 0 Å². The third-order valence-electron chi connectivity index (χ3n) is 4.47. The molecule has 24 heavy (non-hydrogen) atoms. The molecule has 0 unspecified atom stereocenters. The van der Waals surface area contributed by atoms with Crippen molar-refractivity contribution in [2.45, 2.75) is 19.3 Å². The van der Waals surface area contributed by atoms with E-state index < -0.39 is 0 Å². The summed E-state index contributed by atoms with van der Waals surface area (Å²) in [5, 5.41) is 0.831. The third-order valence-corrected chi connectivity index (χ3v) is 4.47. The third kappa shape index (κ3) is 2.64. The summed E-state index contributed by atoms with van der Waals surface area (Å²) in [4.78, 5) is 26.3. The van der Waals surface area contributed by atoms with E-state index in [4.69, 9.17) is 0 Å². The average molecular weight is 324 g/mol. The van der Waals surface area contributed by atoms with Crippen LogP contribution >= 0.6 is 0 Å². The summed E-state index contributed by atoms with van der Waals surface area (Å²) in [7, 11) is 0. The quantitative estimate of drug-likeness (QED) is 0.788. The Hall–Kier alpha value is -2.76. The molecule has 1 aliphatic heterocycles. The Labute approximate surface area is 138 Å². The van der Waals surface area contributed by atoms with E-state index in [2.05, 4.69) is 15.0 Å². The topological polar surface area (TPSA) is 61.9 Å². The highest BCUT2D eigenvalue weighted by Crippen LogP contribution is 2.26. The number of aryl methyl sites for hydroxylation is 1. The van der Waals surface area contributed by atoms with Crippen LogP contribution in [0.2, 0.25) is 0 Å². The van der Waals surface area contributed by atoms with Gasteiger partial charge in [0.15, 0.2) is 0 Å². The molecule has 0 saturated carbocycles. The van der Waals surface area contributed by atoms with Gasteiger partial charge in [0.25, 0.3) is 5.91 Å². The maximum absolute atomic E-state index is 13.3. The van der Waals surface area contributed by atoms with E-state index in [-0.39, 0.29) is 17.6 Å². The van der Waals surface area contributed by atoms with Gasteiger partial charge in [-0.05, 0) is 43.7 Å². The summed E-state index contributed by atoms with van der Waals surface area (Å²) in [6.45, 7) is 3.21. The molecule has 4 rings (SSSR count). The molecule has 1 aromatic carbocycles. The highest BCUT2D eigenvalue weighted by atomic mass is 19.1. The average Bonchev–Trinajstić information content (AvgIpc) is 3.21. The van der Waals surface area contributed by atoms with Crippen molar-refractivity contribution in [2.24, 2.45) is 0 Å². The lowest BCUT2D eigenvalue weighted by Crippen LogP contribution is -2.28. The SMILES string of the molecule is Cc1ccnc([C@@H]2CCN(C(=O)c3cc4ccc(F)cc4[nH]3)C2)n1. The van der Waals surface area contributed by atoms with Crippen molar-refractivity contribution in [3.63, 3.8) is 0 Å². The van der Waals surface area contributed by atoms with Crippen molar-refractivity contribution in [2.75, 3.05) is 13.1 Å². The van der Waals surface area contributed by atoms with Crippen molar-refractivity contribution >= 4 is 16.8 Å². The van der Waals surface area contributed by atoms with Crippen LogP contribution in [0.25, 0.3) is 10.9 Å². The number of benzene rings is 1. The number of aromatic amines is 1. The van der Waals surface area contributed by atoms with Gasteiger partial charge in [-0.15, -0.1) is 0 Å². The van der Waals surface area contributed by atoms with Gasteiger partial charge in [0.2, 0.25) is 0 Å². The molecule has 6 heteroatoms. The van der Waals surface area contributed by atoms with Crippen molar-refractivity contribution in [1.29, 1.82) is 0 Å². The molecule has 3 heterocycles. The van der Waals surface area contributed by atoms with E-state index in [0.29, 0.717) is 24.3 Å². The van der Waals surface area contributed by atoms with E-state index in [1.165, 1.54) is 12.1 Å². The molecule has 0 aliphatic carbocycles. The minimum atomic E-state index is -0.318. The van der Waals surface area contributed by atoms with Gasteiger partial charge in [-0.1, -0.05) is 0 Å². The maximum atomic E-state index is 13.3. The molecule has 1 fully saturated rings. The molecular weight excluding hydrogens is 307 g/mol. The van der Waals surface area contributed by atoms with Crippen LogP contribution < -0.4 is 0 Å². The van der Waals surface area contributed by atoms with Crippen molar-refractivity contribution in [3.8, 4) is 0 Å². The van der Waals surface area contributed by atoms with Gasteiger partial charge in [-0.2, -0.15) is 0 Å². The molecule has 1 N–H and O–H groups in total. The van der Waals surface area contributed by atoms with Crippen LogP contribution in [0.15, 0.2) is 36.5 Å². The van der Waals surface area contributed by atoms with Gasteiger partial charge < -0.3 is 9.88 Å². The fourth-order valence-corrected chi connectivity index (χ4v) is 3.21. The normalized spacial score (nSPS) is 17.6. The number of fused-ring (bicyclic) bond motifs is 1. The van der Waals surface area contributed by atoms with Gasteiger partial charge in [0.1, 0.15) is 17.3 Å². The van der Waals surface area contributed by atoms with E-state index in [1.807, 2.05) is 13.0 Å². The smallest absolute Gasteiger partial charge is 0.270 e. The van der Waals surface area contributed by atoms with Gasteiger partial charge in [-0.3, -0.25) is 4.79 Å². The number of nitrogens with zero attached hydrogens (tertiary/aromatic N) is 3. The Morgan fingerprint density at radius 3 is 3.04 bits per heavy atom. The molecule has 2 aromatic heterocycles. The zero-order chi connectivity index (χ0) is 16.7. The highest BCUT2D eigenvalue weighted by Gasteiger charge is 2.30. The van der Waals surface area contributed by atoms with Crippen LogP contribution in [0.4, 0.5) is 4.39 Å². The second kappa shape index (κ2) is 5.70. The number of rotatable bonds is 2. The summed E-state index contributed by atoms with van der Waals surface area (Å²) < 4.78 is 13.3. The second-order valence-electron chi connectivity index (χ2n) is 6.21. The number of carbonyl (C=O) groups is 1. The monoisotopic (exact) mass is 324 g/mol. The summed E-state index contributed by atoms with van der Waals surface area (Å²) in [6.07, 6.45) is 2.61. The largest absolute Gasteiger partial charge is 0.350 e. The van der Waals surface area contributed by atoms with Crippen LogP contribution in [-0.4, -0.2) is 38.8 Å². The van der Waals surface area contributed by atoms with Crippen LogP contribution in [-0.2, 0) is 0 Å². The lowest BCUT2D eigenvalue weighted by molar-refractivity contribution is 0.0785. The Morgan fingerprint density at radius 2 is 2.21 bits per heavy atom. The molecule has 0 bridgehead atoms. The summed E-state index contributed by atoms with van der Waals surface area (Å²) >= 11 is 0. The Balaban J connectivity index is 1.54. The zero-order valence-electron chi connectivity index (χ0n) is 13.3. The first-order valence-electron chi connectivity index (χ1n) is 7.97. The molecule has 1 saturated heterocycles. The summed E-state index contributed by atoms with van der Waals surface area (Å²) in [6, 6.07) is 8.11. The van der Waals surface area contributed by atoms with Crippen LogP contribution in [0.1, 0.15) is 34.3 Å². The first-order valence-corrected chi connectivity index (χ1v) is 7.97. The van der Waals surface area contributed by atoms with Crippen molar-refractivity contribution < 1.29 is 9.18 Å². The molecule has 1 atom stereocenters. The van der Waals surface area contributed by atoms with Crippen molar-refractivity contribution in [1.82, 2.24) is 19.9 Å². The number of aromatic nitrogens is 3. The van der Waals surface area contributed by atoms with E-state index in [9.17, 15) is 9.18 Å². The van der Waals surface area contributed by atoms with Gasteiger partial charge in [-0.25, -0.2) is 14.4 Å². The lowest BCUT2D eigenvalue weighted by Gasteiger charge is -2.15. The lowest BCUT2D eigenvalue weighted by atomic mass is 10.1. The Morgan fingerprint density at radius 1 is 1.33 bits per heavy atom. The van der Waals surface area contributed by atoms with Crippen LogP contribution in [0.3, 0.4) is 0 Å². The first-order chi connectivity index (χ1) is 11.6. The van der Waals surface area contributed by atoms with Gasteiger partial charge in [0.05, 0.1) is 0 Å². The fraction of sp³-hybridized carbons (Fsp3) is 0.278. The minimum absolute atomic E-state index is 0.0678. The minimum Gasteiger partial charge on any atom is -0.350 e. The Bertz CT molecular complexity index is 920. The van der Waals surface area contributed by atoms with E-state index in [1.54, 1.807) is 23.2 Å². The number of halogens is 1. The number of hydrogen-bond donors (Lipinski definition) is 1. The molecule has 0 radical (unpaired) electrons. The molecular formula is C18H17FN4O. The Kier molecular flexibility index (Phi) is 3.52. The molecule has 3 aromatic rings. The molecule has 5 nitrogen and oxygen atoms in total. The van der Waals surface area contributed by atoms with Crippen LogP contribution in [0, 0.1) is 12.7 Å². The maximum Gasteiger partial charge on any atom is 0.270 e. The fourth-order valence-electron chi connectivity index (χ4n) is 3.21. The number of H-pyrrole nitrogens is 1. The number of amides is 1. The molecule has 1 amide bonds. The predicted molar refractivity (Wildman–Crippen MR) is 88.3 cm³/mol. The number of carbonyl (C=O) groups excluding carboxylic acids is 1. The highest BCUT2D eigenvalue weighted by molar-refractivity contribution is 5.98. The first kappa shape index (κ1) is 14.8. The van der Waals surface area contributed by atoms with Gasteiger partial charge in [0, 0.05) is 41.8 Å². The zero-order valence-corrected chi connectivity index (χ0v) is 13.3. The second-order valence-corrected chi connectivity index (χ2v) is 6.21.